The van der Waals surface area contributed by atoms with Crippen molar-refractivity contribution in [3.63, 3.8) is 0 Å². The zero-order chi connectivity index (χ0) is 14.7. The maximum Gasteiger partial charge on any atom is 0.306 e. The van der Waals surface area contributed by atoms with E-state index in [4.69, 9.17) is 9.84 Å². The second-order valence-corrected chi connectivity index (χ2v) is 5.78. The van der Waals surface area contributed by atoms with Gasteiger partial charge in [-0.2, -0.15) is 0 Å². The normalized spacial score (nSPS) is 21.5. The fourth-order valence-corrected chi connectivity index (χ4v) is 2.79. The molecule has 0 aromatic heterocycles. The standard InChI is InChI=1S/C14H16BrNO4/c1-20-12-7-9(15)3-5-11(12)13(17)16-10-4-2-8(6-10)14(18)19/h3,5,7-8,10H,2,4,6H2,1H3,(H,16,17)(H,18,19)/t8-,10+/m1/s1. The number of hydrogen-bond donors (Lipinski definition) is 2. The van der Waals surface area contributed by atoms with Crippen LogP contribution >= 0.6 is 15.9 Å². The molecular formula is C14H16BrNO4. The van der Waals surface area contributed by atoms with Crippen molar-refractivity contribution in [3.05, 3.63) is 28.2 Å². The summed E-state index contributed by atoms with van der Waals surface area (Å²) in [6, 6.07) is 5.09. The monoisotopic (exact) mass is 341 g/mol. The van der Waals surface area contributed by atoms with Crippen molar-refractivity contribution in [2.45, 2.75) is 25.3 Å². The Kier molecular flexibility index (Phi) is 4.65. The van der Waals surface area contributed by atoms with E-state index < -0.39 is 5.97 Å². The zero-order valence-corrected chi connectivity index (χ0v) is 12.6. The molecule has 2 rings (SSSR count). The van der Waals surface area contributed by atoms with Crippen LogP contribution in [0, 0.1) is 5.92 Å². The lowest BCUT2D eigenvalue weighted by molar-refractivity contribution is -0.141. The molecule has 0 radical (unpaired) electrons. The van der Waals surface area contributed by atoms with Gasteiger partial charge in [-0.25, -0.2) is 0 Å². The number of amides is 1. The molecule has 108 valence electrons. The molecule has 2 N–H and O–H groups in total. The quantitative estimate of drug-likeness (QED) is 0.881. The second-order valence-electron chi connectivity index (χ2n) is 4.86. The van der Waals surface area contributed by atoms with Gasteiger partial charge in [0.2, 0.25) is 0 Å². The smallest absolute Gasteiger partial charge is 0.306 e. The van der Waals surface area contributed by atoms with E-state index in [-0.39, 0.29) is 17.9 Å². The van der Waals surface area contributed by atoms with Crippen LogP contribution in [-0.2, 0) is 4.79 Å². The number of aliphatic carboxylic acids is 1. The minimum Gasteiger partial charge on any atom is -0.496 e. The van der Waals surface area contributed by atoms with Crippen LogP contribution in [0.5, 0.6) is 5.75 Å². The topological polar surface area (TPSA) is 75.6 Å². The van der Waals surface area contributed by atoms with Crippen LogP contribution in [0.15, 0.2) is 22.7 Å². The van der Waals surface area contributed by atoms with Gasteiger partial charge in [-0.3, -0.25) is 9.59 Å². The van der Waals surface area contributed by atoms with Gasteiger partial charge in [-0.15, -0.1) is 0 Å². The van der Waals surface area contributed by atoms with Gasteiger partial charge in [0.25, 0.3) is 5.91 Å². The summed E-state index contributed by atoms with van der Waals surface area (Å²) in [6.07, 6.45) is 1.79. The fraction of sp³-hybridized carbons (Fsp3) is 0.429. The van der Waals surface area contributed by atoms with Gasteiger partial charge in [0.15, 0.2) is 0 Å². The molecule has 1 fully saturated rings. The van der Waals surface area contributed by atoms with E-state index in [1.54, 1.807) is 18.2 Å². The largest absolute Gasteiger partial charge is 0.496 e. The molecular weight excluding hydrogens is 326 g/mol. The summed E-state index contributed by atoms with van der Waals surface area (Å²) in [5, 5.41) is 11.8. The molecule has 0 aliphatic heterocycles. The van der Waals surface area contributed by atoms with Crippen molar-refractivity contribution in [2.75, 3.05) is 7.11 Å². The number of carboxylic acids is 1. The lowest BCUT2D eigenvalue weighted by Crippen LogP contribution is -2.33. The van der Waals surface area contributed by atoms with Crippen molar-refractivity contribution in [1.82, 2.24) is 5.32 Å². The Morgan fingerprint density at radius 2 is 2.15 bits per heavy atom. The Morgan fingerprint density at radius 3 is 2.75 bits per heavy atom. The van der Waals surface area contributed by atoms with Crippen molar-refractivity contribution in [3.8, 4) is 5.75 Å². The van der Waals surface area contributed by atoms with Crippen molar-refractivity contribution < 1.29 is 19.4 Å². The number of benzene rings is 1. The summed E-state index contributed by atoms with van der Waals surface area (Å²) >= 11 is 3.32. The minimum atomic E-state index is -0.789. The number of carboxylic acid groups (broad SMARTS) is 1. The maximum atomic E-state index is 12.2. The van der Waals surface area contributed by atoms with Crippen molar-refractivity contribution in [2.24, 2.45) is 5.92 Å². The SMILES string of the molecule is COc1cc(Br)ccc1C(=O)N[C@H]1CC[C@@H](C(=O)O)C1. The van der Waals surface area contributed by atoms with E-state index >= 15 is 0 Å². The molecule has 0 heterocycles. The molecule has 0 spiro atoms. The highest BCUT2D eigenvalue weighted by Gasteiger charge is 2.31. The molecule has 1 saturated carbocycles. The Bertz CT molecular complexity index is 532. The number of rotatable bonds is 4. The van der Waals surface area contributed by atoms with Gasteiger partial charge in [0.1, 0.15) is 5.75 Å². The van der Waals surface area contributed by atoms with Gasteiger partial charge < -0.3 is 15.2 Å². The number of nitrogens with one attached hydrogen (secondary N) is 1. The third kappa shape index (κ3) is 3.30. The van der Waals surface area contributed by atoms with Gasteiger partial charge in [0.05, 0.1) is 18.6 Å². The average molecular weight is 342 g/mol. The molecule has 5 nitrogen and oxygen atoms in total. The molecule has 1 aliphatic rings. The predicted octanol–water partition coefficient (Wildman–Crippen LogP) is 2.44. The molecule has 0 bridgehead atoms. The van der Waals surface area contributed by atoms with Crippen LogP contribution in [0.1, 0.15) is 29.6 Å². The first kappa shape index (κ1) is 14.8. The molecule has 20 heavy (non-hydrogen) atoms. The van der Waals surface area contributed by atoms with Gasteiger partial charge in [-0.1, -0.05) is 15.9 Å². The molecule has 1 amide bonds. The summed E-state index contributed by atoms with van der Waals surface area (Å²) < 4.78 is 6.02. The summed E-state index contributed by atoms with van der Waals surface area (Å²) in [5.41, 5.74) is 0.453. The Labute approximate surface area is 125 Å². The Balaban J connectivity index is 2.04. The molecule has 0 unspecified atom stereocenters. The number of carbonyl (C=O) groups excluding carboxylic acids is 1. The van der Waals surface area contributed by atoms with E-state index in [9.17, 15) is 9.59 Å². The predicted molar refractivity (Wildman–Crippen MR) is 76.9 cm³/mol. The highest BCUT2D eigenvalue weighted by Crippen LogP contribution is 2.27. The molecule has 1 aliphatic carbocycles. The fourth-order valence-electron chi connectivity index (χ4n) is 2.45. The highest BCUT2D eigenvalue weighted by molar-refractivity contribution is 9.10. The second kappa shape index (κ2) is 6.26. The number of carbonyl (C=O) groups is 2. The number of ether oxygens (including phenoxy) is 1. The number of halogens is 1. The number of hydrogen-bond acceptors (Lipinski definition) is 3. The molecule has 1 aromatic carbocycles. The van der Waals surface area contributed by atoms with Crippen LogP contribution in [-0.4, -0.2) is 30.1 Å². The van der Waals surface area contributed by atoms with E-state index in [0.717, 1.165) is 4.47 Å². The third-order valence-corrected chi connectivity index (χ3v) is 4.02. The highest BCUT2D eigenvalue weighted by atomic mass is 79.9. The first-order valence-corrected chi connectivity index (χ1v) is 7.17. The maximum absolute atomic E-state index is 12.2. The minimum absolute atomic E-state index is 0.0862. The summed E-state index contributed by atoms with van der Waals surface area (Å²) in [4.78, 5) is 23.1. The zero-order valence-electron chi connectivity index (χ0n) is 11.1. The van der Waals surface area contributed by atoms with Gasteiger partial charge in [0, 0.05) is 10.5 Å². The molecule has 2 atom stereocenters. The van der Waals surface area contributed by atoms with E-state index in [0.29, 0.717) is 30.6 Å². The van der Waals surface area contributed by atoms with E-state index in [1.165, 1.54) is 7.11 Å². The Morgan fingerprint density at radius 1 is 1.40 bits per heavy atom. The first-order valence-electron chi connectivity index (χ1n) is 6.38. The molecule has 0 saturated heterocycles. The lowest BCUT2D eigenvalue weighted by Gasteiger charge is -2.14. The summed E-state index contributed by atoms with van der Waals surface area (Å²) in [7, 11) is 1.51. The van der Waals surface area contributed by atoms with Crippen LogP contribution in [0.3, 0.4) is 0 Å². The van der Waals surface area contributed by atoms with Gasteiger partial charge in [-0.05, 0) is 37.5 Å². The summed E-state index contributed by atoms with van der Waals surface area (Å²) in [6.45, 7) is 0. The van der Waals surface area contributed by atoms with E-state index in [2.05, 4.69) is 21.2 Å². The lowest BCUT2D eigenvalue weighted by atomic mass is 10.1. The molecule has 6 heteroatoms. The van der Waals surface area contributed by atoms with Crippen LogP contribution in [0.25, 0.3) is 0 Å². The van der Waals surface area contributed by atoms with Crippen LogP contribution in [0.2, 0.25) is 0 Å². The Hall–Kier alpha value is -1.56. The summed E-state index contributed by atoms with van der Waals surface area (Å²) in [5.74, 6) is -0.884. The van der Waals surface area contributed by atoms with E-state index in [1.807, 2.05) is 0 Å². The van der Waals surface area contributed by atoms with Crippen LogP contribution in [0.4, 0.5) is 0 Å². The third-order valence-electron chi connectivity index (χ3n) is 3.53. The number of methoxy groups -OCH3 is 1. The van der Waals surface area contributed by atoms with Crippen LogP contribution < -0.4 is 10.1 Å². The van der Waals surface area contributed by atoms with Crippen molar-refractivity contribution in [1.29, 1.82) is 0 Å². The van der Waals surface area contributed by atoms with Crippen molar-refractivity contribution >= 4 is 27.8 Å². The molecule has 1 aromatic rings. The first-order chi connectivity index (χ1) is 9.51. The van der Waals surface area contributed by atoms with Gasteiger partial charge >= 0.3 is 5.97 Å². The average Bonchev–Trinajstić information content (AvgIpc) is 2.87.